The van der Waals surface area contributed by atoms with Gasteiger partial charge in [-0.1, -0.05) is 6.07 Å². The Bertz CT molecular complexity index is 617. The second-order valence-corrected chi connectivity index (χ2v) is 5.21. The molecule has 1 aromatic heterocycles. The Labute approximate surface area is 118 Å². The molecule has 1 saturated heterocycles. The van der Waals surface area contributed by atoms with Crippen LogP contribution in [0.15, 0.2) is 30.6 Å². The average molecular weight is 270 g/mol. The normalized spacial score (nSPS) is 18.4. The summed E-state index contributed by atoms with van der Waals surface area (Å²) in [7, 11) is 1.84. The fraction of sp³-hybridized carbons (Fsp3) is 0.400. The van der Waals surface area contributed by atoms with Crippen LogP contribution in [-0.4, -0.2) is 47.0 Å². The molecule has 104 valence electrons. The predicted octanol–water partition coefficient (Wildman–Crippen LogP) is 1.45. The monoisotopic (exact) mass is 270 g/mol. The van der Waals surface area contributed by atoms with Crippen LogP contribution in [0.4, 0.5) is 0 Å². The molecule has 5 heteroatoms. The number of nitrogens with zero attached hydrogens (tertiary/aromatic N) is 3. The standard InChI is InChI=1S/C15H18N4O/c1-19(10-11-4-3-7-16-11)15(20)12-5-2-6-13-14(12)18-9-8-17-13/h2,5-6,8-9,11,16H,3-4,7,10H2,1H3. The lowest BCUT2D eigenvalue weighted by Gasteiger charge is -2.21. The van der Waals surface area contributed by atoms with E-state index < -0.39 is 0 Å². The quantitative estimate of drug-likeness (QED) is 0.917. The summed E-state index contributed by atoms with van der Waals surface area (Å²) in [6.45, 7) is 1.78. The van der Waals surface area contributed by atoms with Crippen LogP contribution in [0.1, 0.15) is 23.2 Å². The van der Waals surface area contributed by atoms with Crippen LogP contribution in [0.5, 0.6) is 0 Å². The average Bonchev–Trinajstić information content (AvgIpc) is 2.99. The van der Waals surface area contributed by atoms with Gasteiger partial charge in [0.15, 0.2) is 0 Å². The van der Waals surface area contributed by atoms with E-state index in [2.05, 4.69) is 15.3 Å². The molecule has 3 rings (SSSR count). The van der Waals surface area contributed by atoms with Crippen molar-refractivity contribution in [3.8, 4) is 0 Å². The van der Waals surface area contributed by atoms with Crippen molar-refractivity contribution in [2.75, 3.05) is 20.1 Å². The second kappa shape index (κ2) is 5.54. The van der Waals surface area contributed by atoms with E-state index in [9.17, 15) is 4.79 Å². The molecule has 0 aliphatic carbocycles. The molecule has 1 aliphatic rings. The molecular formula is C15H18N4O. The number of para-hydroxylation sites is 1. The van der Waals surface area contributed by atoms with Gasteiger partial charge in [0.25, 0.3) is 5.91 Å². The van der Waals surface area contributed by atoms with Gasteiger partial charge >= 0.3 is 0 Å². The van der Waals surface area contributed by atoms with Crippen LogP contribution >= 0.6 is 0 Å². The van der Waals surface area contributed by atoms with Crippen LogP contribution in [-0.2, 0) is 0 Å². The molecule has 5 nitrogen and oxygen atoms in total. The molecule has 1 amide bonds. The highest BCUT2D eigenvalue weighted by atomic mass is 16.2. The number of carbonyl (C=O) groups excluding carboxylic acids is 1. The summed E-state index contributed by atoms with van der Waals surface area (Å²) >= 11 is 0. The molecule has 0 saturated carbocycles. The zero-order valence-electron chi connectivity index (χ0n) is 11.5. The molecule has 2 aromatic rings. The number of likely N-dealkylation sites (N-methyl/N-ethyl adjacent to an activating group) is 1. The lowest BCUT2D eigenvalue weighted by Crippen LogP contribution is -2.38. The maximum Gasteiger partial charge on any atom is 0.255 e. The molecule has 1 atom stereocenters. The first-order valence-electron chi connectivity index (χ1n) is 6.94. The zero-order chi connectivity index (χ0) is 13.9. The second-order valence-electron chi connectivity index (χ2n) is 5.21. The molecule has 1 unspecified atom stereocenters. The van der Waals surface area contributed by atoms with Gasteiger partial charge in [-0.25, -0.2) is 0 Å². The maximum atomic E-state index is 12.6. The van der Waals surface area contributed by atoms with Crippen molar-refractivity contribution in [3.63, 3.8) is 0 Å². The first-order chi connectivity index (χ1) is 9.75. The third-order valence-electron chi connectivity index (χ3n) is 3.73. The van der Waals surface area contributed by atoms with Gasteiger partial charge in [0.1, 0.15) is 5.52 Å². The van der Waals surface area contributed by atoms with Crippen LogP contribution < -0.4 is 5.32 Å². The fourth-order valence-electron chi connectivity index (χ4n) is 2.70. The van der Waals surface area contributed by atoms with Crippen molar-refractivity contribution in [1.29, 1.82) is 0 Å². The lowest BCUT2D eigenvalue weighted by molar-refractivity contribution is 0.0785. The summed E-state index contributed by atoms with van der Waals surface area (Å²) < 4.78 is 0. The molecule has 0 spiro atoms. The highest BCUT2D eigenvalue weighted by molar-refractivity contribution is 6.04. The lowest BCUT2D eigenvalue weighted by atomic mass is 10.1. The number of fused-ring (bicyclic) bond motifs is 1. The third kappa shape index (κ3) is 2.49. The summed E-state index contributed by atoms with van der Waals surface area (Å²) in [6.07, 6.45) is 5.58. The fourth-order valence-corrected chi connectivity index (χ4v) is 2.70. The summed E-state index contributed by atoms with van der Waals surface area (Å²) in [5, 5.41) is 3.41. The van der Waals surface area contributed by atoms with Gasteiger partial charge < -0.3 is 10.2 Å². The van der Waals surface area contributed by atoms with Crippen molar-refractivity contribution < 1.29 is 4.79 Å². The zero-order valence-corrected chi connectivity index (χ0v) is 11.5. The van der Waals surface area contributed by atoms with E-state index in [1.807, 2.05) is 25.2 Å². The van der Waals surface area contributed by atoms with Gasteiger partial charge in [-0.2, -0.15) is 0 Å². The molecule has 1 N–H and O–H groups in total. The largest absolute Gasteiger partial charge is 0.340 e. The van der Waals surface area contributed by atoms with Crippen molar-refractivity contribution in [2.45, 2.75) is 18.9 Å². The summed E-state index contributed by atoms with van der Waals surface area (Å²) in [5.74, 6) is 0.00444. The topological polar surface area (TPSA) is 58.1 Å². The first-order valence-corrected chi connectivity index (χ1v) is 6.94. The molecule has 0 radical (unpaired) electrons. The van der Waals surface area contributed by atoms with Crippen LogP contribution in [0.3, 0.4) is 0 Å². The Morgan fingerprint density at radius 2 is 2.25 bits per heavy atom. The number of benzene rings is 1. The molecule has 2 heterocycles. The summed E-state index contributed by atoms with van der Waals surface area (Å²) in [6, 6.07) is 5.95. The molecule has 0 bridgehead atoms. The van der Waals surface area contributed by atoms with Crippen molar-refractivity contribution in [2.24, 2.45) is 0 Å². The number of rotatable bonds is 3. The SMILES string of the molecule is CN(CC1CCCN1)C(=O)c1cccc2nccnc12. The number of hydrogen-bond acceptors (Lipinski definition) is 4. The maximum absolute atomic E-state index is 12.6. The van der Waals surface area contributed by atoms with Crippen molar-refractivity contribution >= 4 is 16.9 Å². The molecule has 20 heavy (non-hydrogen) atoms. The Morgan fingerprint density at radius 3 is 3.05 bits per heavy atom. The first kappa shape index (κ1) is 13.0. The highest BCUT2D eigenvalue weighted by Crippen LogP contribution is 2.16. The number of nitrogens with one attached hydrogen (secondary N) is 1. The molecular weight excluding hydrogens is 252 g/mol. The van der Waals surface area contributed by atoms with Gasteiger partial charge in [-0.3, -0.25) is 14.8 Å². The Hall–Kier alpha value is -2.01. The Kier molecular flexibility index (Phi) is 3.60. The van der Waals surface area contributed by atoms with E-state index in [-0.39, 0.29) is 5.91 Å². The van der Waals surface area contributed by atoms with Crippen LogP contribution in [0, 0.1) is 0 Å². The third-order valence-corrected chi connectivity index (χ3v) is 3.73. The van der Waals surface area contributed by atoms with Gasteiger partial charge in [-0.15, -0.1) is 0 Å². The minimum atomic E-state index is 0.00444. The van der Waals surface area contributed by atoms with E-state index in [0.29, 0.717) is 17.1 Å². The van der Waals surface area contributed by atoms with Crippen molar-refractivity contribution in [1.82, 2.24) is 20.2 Å². The number of amides is 1. The minimum Gasteiger partial charge on any atom is -0.340 e. The molecule has 1 aromatic carbocycles. The van der Waals surface area contributed by atoms with E-state index in [0.717, 1.165) is 25.0 Å². The van der Waals surface area contributed by atoms with E-state index >= 15 is 0 Å². The van der Waals surface area contributed by atoms with E-state index in [1.54, 1.807) is 17.3 Å². The number of aromatic nitrogens is 2. The predicted molar refractivity (Wildman–Crippen MR) is 77.5 cm³/mol. The highest BCUT2D eigenvalue weighted by Gasteiger charge is 2.21. The van der Waals surface area contributed by atoms with E-state index in [4.69, 9.17) is 0 Å². The summed E-state index contributed by atoms with van der Waals surface area (Å²) in [4.78, 5) is 22.9. The van der Waals surface area contributed by atoms with Gasteiger partial charge in [-0.05, 0) is 31.5 Å². The van der Waals surface area contributed by atoms with Gasteiger partial charge in [0, 0.05) is 32.0 Å². The summed E-state index contributed by atoms with van der Waals surface area (Å²) in [5.41, 5.74) is 2.05. The van der Waals surface area contributed by atoms with Gasteiger partial charge in [0.2, 0.25) is 0 Å². The Balaban J connectivity index is 1.84. The molecule has 1 fully saturated rings. The van der Waals surface area contributed by atoms with Gasteiger partial charge in [0.05, 0.1) is 11.1 Å². The van der Waals surface area contributed by atoms with Crippen LogP contribution in [0.25, 0.3) is 11.0 Å². The minimum absolute atomic E-state index is 0.00444. The molecule has 1 aliphatic heterocycles. The van der Waals surface area contributed by atoms with Crippen molar-refractivity contribution in [3.05, 3.63) is 36.2 Å². The number of carbonyl (C=O) groups is 1. The Morgan fingerprint density at radius 1 is 1.40 bits per heavy atom. The van der Waals surface area contributed by atoms with Crippen LogP contribution in [0.2, 0.25) is 0 Å². The number of hydrogen-bond donors (Lipinski definition) is 1. The van der Waals surface area contributed by atoms with E-state index in [1.165, 1.54) is 6.42 Å². The smallest absolute Gasteiger partial charge is 0.255 e.